The molecule has 0 aromatic rings. The van der Waals surface area contributed by atoms with Gasteiger partial charge >= 0.3 is 0 Å². The van der Waals surface area contributed by atoms with Crippen LogP contribution in [0.5, 0.6) is 0 Å². The summed E-state index contributed by atoms with van der Waals surface area (Å²) in [5, 5.41) is 0.217. The molecule has 0 atom stereocenters. The van der Waals surface area contributed by atoms with E-state index in [1.807, 2.05) is 0 Å². The van der Waals surface area contributed by atoms with Crippen LogP contribution in [0.2, 0.25) is 5.04 Å². The zero-order chi connectivity index (χ0) is 5.91. The molecule has 0 unspecified atom stereocenters. The smallest absolute Gasteiger partial charge is 0.166 e. The van der Waals surface area contributed by atoms with E-state index in [4.69, 9.17) is 4.43 Å². The summed E-state index contributed by atoms with van der Waals surface area (Å²) < 4.78 is 4.98. The summed E-state index contributed by atoms with van der Waals surface area (Å²) in [6, 6.07) is 0. The Labute approximate surface area is 48.0 Å². The van der Waals surface area contributed by atoms with E-state index in [-0.39, 0.29) is 14.8 Å². The summed E-state index contributed by atoms with van der Waals surface area (Å²) in [4.78, 5) is 0. The van der Waals surface area contributed by atoms with E-state index < -0.39 is 0 Å². The minimum Gasteiger partial charge on any atom is -0.427 e. The van der Waals surface area contributed by atoms with Crippen LogP contribution >= 0.6 is 0 Å². The Morgan fingerprint density at radius 3 is 2.00 bits per heavy atom. The first-order valence-electron chi connectivity index (χ1n) is 2.40. The molecule has 0 heterocycles. The standard InChI is InChI=1S/C5H13OSi/c1-5(2,3)7-6-4/h1,7H2,2-4H3. The Kier molecular flexibility index (Phi) is 2.54. The molecule has 0 aliphatic carbocycles. The molecule has 0 aromatic carbocycles. The zero-order valence-electron chi connectivity index (χ0n) is 5.32. The van der Waals surface area contributed by atoms with E-state index in [0.29, 0.717) is 0 Å². The van der Waals surface area contributed by atoms with Crippen LogP contribution < -0.4 is 0 Å². The fourth-order valence-electron chi connectivity index (χ4n) is 0.391. The van der Waals surface area contributed by atoms with Gasteiger partial charge in [-0.1, -0.05) is 13.8 Å². The maximum Gasteiger partial charge on any atom is 0.166 e. The molecule has 7 heavy (non-hydrogen) atoms. The van der Waals surface area contributed by atoms with Gasteiger partial charge in [0.15, 0.2) is 9.76 Å². The van der Waals surface area contributed by atoms with Crippen LogP contribution in [-0.4, -0.2) is 16.9 Å². The molecule has 0 aliphatic rings. The third kappa shape index (κ3) is 6.18. The van der Waals surface area contributed by atoms with Gasteiger partial charge in [0.2, 0.25) is 0 Å². The molecule has 0 saturated carbocycles. The van der Waals surface area contributed by atoms with Gasteiger partial charge in [-0.3, -0.25) is 0 Å². The van der Waals surface area contributed by atoms with Gasteiger partial charge in [-0.25, -0.2) is 0 Å². The summed E-state index contributed by atoms with van der Waals surface area (Å²) >= 11 is 0. The Morgan fingerprint density at radius 2 is 2.00 bits per heavy atom. The number of hydrogen-bond acceptors (Lipinski definition) is 1. The minimum atomic E-state index is -0.351. The number of hydrogen-bond donors (Lipinski definition) is 0. The molecular formula is C5H13OSi. The van der Waals surface area contributed by atoms with Crippen molar-refractivity contribution in [3.8, 4) is 0 Å². The summed E-state index contributed by atoms with van der Waals surface area (Å²) in [7, 11) is 1.40. The third-order valence-corrected chi connectivity index (χ3v) is 1.61. The molecule has 0 N–H and O–H groups in total. The lowest BCUT2D eigenvalue weighted by Crippen LogP contribution is -2.09. The molecule has 0 fully saturated rings. The molecule has 0 aromatic heterocycles. The van der Waals surface area contributed by atoms with Crippen LogP contribution in [0.4, 0.5) is 0 Å². The lowest BCUT2D eigenvalue weighted by molar-refractivity contribution is 0.423. The second-order valence-electron chi connectivity index (χ2n) is 2.60. The quantitative estimate of drug-likeness (QED) is 0.485. The normalized spacial score (nSPS) is 13.7. The molecule has 0 bridgehead atoms. The molecule has 0 rings (SSSR count). The molecule has 43 valence electrons. The Hall–Kier alpha value is 0.177. The highest BCUT2D eigenvalue weighted by Crippen LogP contribution is 2.18. The third-order valence-electron chi connectivity index (χ3n) is 0.535. The van der Waals surface area contributed by atoms with Crippen molar-refractivity contribution in [3.05, 3.63) is 6.92 Å². The Morgan fingerprint density at radius 1 is 1.57 bits per heavy atom. The number of rotatable bonds is 2. The molecule has 0 amide bonds. The van der Waals surface area contributed by atoms with Crippen LogP contribution in [0, 0.1) is 6.92 Å². The fraction of sp³-hybridized carbons (Fsp3) is 0.800. The van der Waals surface area contributed by atoms with Crippen molar-refractivity contribution in [2.24, 2.45) is 0 Å². The van der Waals surface area contributed by atoms with Crippen molar-refractivity contribution in [1.29, 1.82) is 0 Å². The molecule has 0 saturated heterocycles. The van der Waals surface area contributed by atoms with Gasteiger partial charge in [0.25, 0.3) is 0 Å². The molecule has 2 heteroatoms. The van der Waals surface area contributed by atoms with Gasteiger partial charge in [0, 0.05) is 7.11 Å². The van der Waals surface area contributed by atoms with Gasteiger partial charge in [-0.05, 0) is 12.0 Å². The van der Waals surface area contributed by atoms with Crippen LogP contribution in [0.25, 0.3) is 0 Å². The van der Waals surface area contributed by atoms with E-state index in [1.54, 1.807) is 7.11 Å². The molecule has 0 spiro atoms. The first-order valence-corrected chi connectivity index (χ1v) is 3.69. The lowest BCUT2D eigenvalue weighted by atomic mass is 10.3. The maximum atomic E-state index is 4.98. The molecule has 1 radical (unpaired) electrons. The van der Waals surface area contributed by atoms with E-state index in [9.17, 15) is 0 Å². The van der Waals surface area contributed by atoms with Crippen LogP contribution in [-0.2, 0) is 4.43 Å². The minimum absolute atomic E-state index is 0.217. The molecule has 1 nitrogen and oxygen atoms in total. The van der Waals surface area contributed by atoms with Gasteiger partial charge in [-0.2, -0.15) is 0 Å². The molecule has 0 aliphatic heterocycles. The van der Waals surface area contributed by atoms with Crippen molar-refractivity contribution in [2.45, 2.75) is 18.9 Å². The van der Waals surface area contributed by atoms with Crippen molar-refractivity contribution in [3.63, 3.8) is 0 Å². The second kappa shape index (κ2) is 2.48. The van der Waals surface area contributed by atoms with E-state index in [1.165, 1.54) is 0 Å². The van der Waals surface area contributed by atoms with Crippen molar-refractivity contribution >= 4 is 9.76 Å². The van der Waals surface area contributed by atoms with Crippen LogP contribution in [0.15, 0.2) is 0 Å². The van der Waals surface area contributed by atoms with Crippen molar-refractivity contribution in [1.82, 2.24) is 0 Å². The van der Waals surface area contributed by atoms with Gasteiger partial charge in [0.1, 0.15) is 0 Å². The Balaban J connectivity index is 3.15. The highest BCUT2D eigenvalue weighted by Gasteiger charge is 2.09. The highest BCUT2D eigenvalue weighted by atomic mass is 28.2. The van der Waals surface area contributed by atoms with E-state index in [2.05, 4.69) is 20.8 Å². The van der Waals surface area contributed by atoms with Crippen molar-refractivity contribution < 1.29 is 4.43 Å². The van der Waals surface area contributed by atoms with Crippen LogP contribution in [0.1, 0.15) is 13.8 Å². The summed E-state index contributed by atoms with van der Waals surface area (Å²) in [6.07, 6.45) is 0. The summed E-state index contributed by atoms with van der Waals surface area (Å²) in [6.45, 7) is 8.10. The lowest BCUT2D eigenvalue weighted by Gasteiger charge is -2.13. The van der Waals surface area contributed by atoms with Gasteiger partial charge < -0.3 is 4.43 Å². The monoisotopic (exact) mass is 117 g/mol. The van der Waals surface area contributed by atoms with Gasteiger partial charge in [0.05, 0.1) is 0 Å². The average Bonchev–Trinajstić information content (AvgIpc) is 1.30. The fourth-order valence-corrected chi connectivity index (χ4v) is 1.17. The van der Waals surface area contributed by atoms with E-state index >= 15 is 0 Å². The first kappa shape index (κ1) is 7.18. The SMILES string of the molecule is [CH2]C(C)(C)[SiH2]OC. The second-order valence-corrected chi connectivity index (χ2v) is 5.38. The average molecular weight is 117 g/mol. The highest BCUT2D eigenvalue weighted by molar-refractivity contribution is 6.32. The largest absolute Gasteiger partial charge is 0.427 e. The summed E-state index contributed by atoms with van der Waals surface area (Å²) in [5.41, 5.74) is 0. The Bertz CT molecular complexity index is 46.5. The maximum absolute atomic E-state index is 4.98. The van der Waals surface area contributed by atoms with E-state index in [0.717, 1.165) is 0 Å². The van der Waals surface area contributed by atoms with Crippen LogP contribution in [0.3, 0.4) is 0 Å². The predicted molar refractivity (Wildman–Crippen MR) is 35.0 cm³/mol. The van der Waals surface area contributed by atoms with Crippen molar-refractivity contribution in [2.75, 3.05) is 7.11 Å². The topological polar surface area (TPSA) is 9.23 Å². The first-order chi connectivity index (χ1) is 3.06. The predicted octanol–water partition coefficient (Wildman–Crippen LogP) is 0.749. The summed E-state index contributed by atoms with van der Waals surface area (Å²) in [5.74, 6) is 0. The zero-order valence-corrected chi connectivity index (χ0v) is 6.74. The molecular weight excluding hydrogens is 104 g/mol. The van der Waals surface area contributed by atoms with Gasteiger partial charge in [-0.15, -0.1) is 0 Å².